The molecule has 0 bridgehead atoms. The van der Waals surface area contributed by atoms with Crippen molar-refractivity contribution in [2.75, 3.05) is 11.9 Å². The SMILES string of the molecule is O=C(Nc1cccc(-c2c(F)c(F)c(F)c(F)c2F)c1F)C1CCCN1. The fourth-order valence-corrected chi connectivity index (χ4v) is 2.79. The molecule has 138 valence electrons. The van der Waals surface area contributed by atoms with E-state index in [9.17, 15) is 31.1 Å². The maximum atomic E-state index is 14.6. The third-order valence-corrected chi connectivity index (χ3v) is 4.11. The third-order valence-electron chi connectivity index (χ3n) is 4.11. The van der Waals surface area contributed by atoms with Crippen LogP contribution in [-0.4, -0.2) is 18.5 Å². The lowest BCUT2D eigenvalue weighted by Crippen LogP contribution is -2.35. The van der Waals surface area contributed by atoms with Crippen molar-refractivity contribution in [1.82, 2.24) is 5.32 Å². The van der Waals surface area contributed by atoms with Gasteiger partial charge >= 0.3 is 0 Å². The second kappa shape index (κ2) is 6.99. The van der Waals surface area contributed by atoms with Gasteiger partial charge < -0.3 is 10.6 Å². The van der Waals surface area contributed by atoms with Crippen molar-refractivity contribution in [3.63, 3.8) is 0 Å². The molecule has 1 amide bonds. The fourth-order valence-electron chi connectivity index (χ4n) is 2.79. The van der Waals surface area contributed by atoms with E-state index in [1.165, 1.54) is 0 Å². The van der Waals surface area contributed by atoms with Crippen LogP contribution >= 0.6 is 0 Å². The Labute approximate surface area is 144 Å². The van der Waals surface area contributed by atoms with E-state index in [1.54, 1.807) is 0 Å². The maximum absolute atomic E-state index is 14.6. The Bertz CT molecular complexity index is 851. The van der Waals surface area contributed by atoms with E-state index in [2.05, 4.69) is 10.6 Å². The van der Waals surface area contributed by atoms with Crippen LogP contribution in [0.2, 0.25) is 0 Å². The second-order valence-corrected chi connectivity index (χ2v) is 5.75. The third kappa shape index (κ3) is 3.03. The van der Waals surface area contributed by atoms with Crippen LogP contribution in [0.5, 0.6) is 0 Å². The number of amides is 1. The molecule has 1 heterocycles. The molecule has 3 rings (SSSR count). The number of halogens is 6. The van der Waals surface area contributed by atoms with Crippen LogP contribution in [-0.2, 0) is 4.79 Å². The standard InChI is InChI=1S/C17H12F6N2O/c18-11-7(10-12(19)14(21)16(23)15(22)13(10)20)3-1-4-8(11)25-17(26)9-5-2-6-24-9/h1,3-4,9,24H,2,5-6H2,(H,25,26). The molecule has 1 aliphatic heterocycles. The molecule has 2 aromatic carbocycles. The number of nitrogens with one attached hydrogen (secondary N) is 2. The first kappa shape index (κ1) is 18.2. The normalized spacial score (nSPS) is 16.8. The number of hydrogen-bond acceptors (Lipinski definition) is 2. The van der Waals surface area contributed by atoms with Crippen molar-refractivity contribution in [3.8, 4) is 11.1 Å². The molecule has 1 aliphatic rings. The molecule has 1 saturated heterocycles. The number of carbonyl (C=O) groups is 1. The fraction of sp³-hybridized carbons (Fsp3) is 0.235. The van der Waals surface area contributed by atoms with Crippen molar-refractivity contribution in [1.29, 1.82) is 0 Å². The largest absolute Gasteiger partial charge is 0.322 e. The van der Waals surface area contributed by atoms with Gasteiger partial charge in [-0.25, -0.2) is 26.3 Å². The maximum Gasteiger partial charge on any atom is 0.241 e. The molecule has 1 fully saturated rings. The number of benzene rings is 2. The van der Waals surface area contributed by atoms with E-state index in [0.717, 1.165) is 24.6 Å². The molecule has 1 unspecified atom stereocenters. The van der Waals surface area contributed by atoms with Crippen molar-refractivity contribution < 1.29 is 31.1 Å². The van der Waals surface area contributed by atoms with Gasteiger partial charge in [0.25, 0.3) is 0 Å². The highest BCUT2D eigenvalue weighted by Crippen LogP contribution is 2.35. The minimum Gasteiger partial charge on any atom is -0.322 e. The van der Waals surface area contributed by atoms with Crippen molar-refractivity contribution in [3.05, 3.63) is 53.1 Å². The highest BCUT2D eigenvalue weighted by atomic mass is 19.2. The van der Waals surface area contributed by atoms with Gasteiger partial charge in [-0.1, -0.05) is 12.1 Å². The second-order valence-electron chi connectivity index (χ2n) is 5.75. The molecule has 0 spiro atoms. The summed E-state index contributed by atoms with van der Waals surface area (Å²) >= 11 is 0. The first-order valence-electron chi connectivity index (χ1n) is 7.67. The van der Waals surface area contributed by atoms with Gasteiger partial charge in [-0.05, 0) is 25.5 Å². The first-order valence-corrected chi connectivity index (χ1v) is 7.67. The lowest BCUT2D eigenvalue weighted by molar-refractivity contribution is -0.117. The number of hydrogen-bond donors (Lipinski definition) is 2. The minimum atomic E-state index is -2.33. The Morgan fingerprint density at radius 2 is 1.54 bits per heavy atom. The summed E-state index contributed by atoms with van der Waals surface area (Å²) in [5.74, 6) is -12.9. The lowest BCUT2D eigenvalue weighted by atomic mass is 10.0. The zero-order valence-corrected chi connectivity index (χ0v) is 13.1. The average molecular weight is 374 g/mol. The molecular weight excluding hydrogens is 362 g/mol. The summed E-state index contributed by atoms with van der Waals surface area (Å²) in [4.78, 5) is 12.0. The van der Waals surface area contributed by atoms with Crippen LogP contribution in [0.1, 0.15) is 12.8 Å². The van der Waals surface area contributed by atoms with Crippen molar-refractivity contribution in [2.45, 2.75) is 18.9 Å². The molecule has 1 atom stereocenters. The zero-order valence-electron chi connectivity index (χ0n) is 13.1. The molecule has 0 radical (unpaired) electrons. The molecule has 0 aromatic heterocycles. The first-order chi connectivity index (χ1) is 12.3. The summed E-state index contributed by atoms with van der Waals surface area (Å²) in [5, 5.41) is 5.15. The van der Waals surface area contributed by atoms with E-state index >= 15 is 0 Å². The Kier molecular flexibility index (Phi) is 4.90. The number of carbonyl (C=O) groups excluding carboxylic acids is 1. The Hall–Kier alpha value is -2.55. The number of rotatable bonds is 3. The molecule has 0 saturated carbocycles. The van der Waals surface area contributed by atoms with E-state index in [4.69, 9.17) is 0 Å². The summed E-state index contributed by atoms with van der Waals surface area (Å²) in [5.41, 5.74) is -2.67. The molecular formula is C17H12F6N2O. The van der Waals surface area contributed by atoms with Crippen molar-refractivity contribution >= 4 is 11.6 Å². The van der Waals surface area contributed by atoms with Gasteiger partial charge in [-0.2, -0.15) is 0 Å². The van der Waals surface area contributed by atoms with E-state index in [-0.39, 0.29) is 0 Å². The molecule has 2 N–H and O–H groups in total. The van der Waals surface area contributed by atoms with Gasteiger partial charge in [-0.15, -0.1) is 0 Å². The smallest absolute Gasteiger partial charge is 0.241 e. The molecule has 0 aliphatic carbocycles. The number of anilines is 1. The molecule has 2 aromatic rings. The summed E-state index contributed by atoms with van der Waals surface area (Å²) in [6, 6.07) is 2.57. The van der Waals surface area contributed by atoms with E-state index < -0.39 is 63.7 Å². The van der Waals surface area contributed by atoms with E-state index in [0.29, 0.717) is 13.0 Å². The summed E-state index contributed by atoms with van der Waals surface area (Å²) in [7, 11) is 0. The molecule has 26 heavy (non-hydrogen) atoms. The molecule has 3 nitrogen and oxygen atoms in total. The predicted octanol–water partition coefficient (Wildman–Crippen LogP) is 3.88. The van der Waals surface area contributed by atoms with Gasteiger partial charge in [0.2, 0.25) is 11.7 Å². The highest BCUT2D eigenvalue weighted by Gasteiger charge is 2.29. The predicted molar refractivity (Wildman–Crippen MR) is 81.3 cm³/mol. The van der Waals surface area contributed by atoms with Gasteiger partial charge in [0.05, 0.1) is 17.3 Å². The van der Waals surface area contributed by atoms with Gasteiger partial charge in [-0.3, -0.25) is 4.79 Å². The van der Waals surface area contributed by atoms with Gasteiger partial charge in [0.15, 0.2) is 29.1 Å². The Morgan fingerprint density at radius 3 is 2.12 bits per heavy atom. The average Bonchev–Trinajstić information content (AvgIpc) is 3.16. The lowest BCUT2D eigenvalue weighted by Gasteiger charge is -2.14. The van der Waals surface area contributed by atoms with Crippen LogP contribution in [0.4, 0.5) is 32.0 Å². The topological polar surface area (TPSA) is 41.1 Å². The van der Waals surface area contributed by atoms with Crippen LogP contribution in [0.25, 0.3) is 11.1 Å². The highest BCUT2D eigenvalue weighted by molar-refractivity contribution is 5.95. The Morgan fingerprint density at radius 1 is 0.923 bits per heavy atom. The van der Waals surface area contributed by atoms with Crippen LogP contribution in [0.15, 0.2) is 18.2 Å². The summed E-state index contributed by atoms with van der Waals surface area (Å²) < 4.78 is 82.4. The molecule has 9 heteroatoms. The van der Waals surface area contributed by atoms with Crippen LogP contribution in [0.3, 0.4) is 0 Å². The summed E-state index contributed by atoms with van der Waals surface area (Å²) in [6.45, 7) is 0.616. The minimum absolute atomic E-state index is 0.426. The van der Waals surface area contributed by atoms with Crippen LogP contribution < -0.4 is 10.6 Å². The van der Waals surface area contributed by atoms with Gasteiger partial charge in [0, 0.05) is 5.56 Å². The zero-order chi connectivity index (χ0) is 19.0. The van der Waals surface area contributed by atoms with Gasteiger partial charge in [0.1, 0.15) is 0 Å². The Balaban J connectivity index is 2.04. The quantitative estimate of drug-likeness (QED) is 0.486. The monoisotopic (exact) mass is 374 g/mol. The summed E-state index contributed by atoms with van der Waals surface area (Å²) in [6.07, 6.45) is 1.29. The van der Waals surface area contributed by atoms with Crippen molar-refractivity contribution in [2.24, 2.45) is 0 Å². The van der Waals surface area contributed by atoms with Crippen LogP contribution in [0, 0.1) is 34.9 Å². The van der Waals surface area contributed by atoms with E-state index in [1.807, 2.05) is 0 Å².